The molecule has 2 aromatic rings. The molecule has 0 bridgehead atoms. The lowest BCUT2D eigenvalue weighted by Crippen LogP contribution is -2.17. The number of nitrogens with zero attached hydrogens (tertiary/aromatic N) is 2. The second kappa shape index (κ2) is 5.78. The van der Waals surface area contributed by atoms with Gasteiger partial charge >= 0.3 is 0 Å². The Balaban J connectivity index is 2.29. The molecule has 0 atom stereocenters. The second-order valence-electron chi connectivity index (χ2n) is 6.62. The Kier molecular flexibility index (Phi) is 4.26. The Morgan fingerprint density at radius 3 is 2.60 bits per heavy atom. The lowest BCUT2D eigenvalue weighted by Gasteiger charge is -2.16. The monoisotopic (exact) mass is 272 g/mol. The van der Waals surface area contributed by atoms with Gasteiger partial charge in [-0.3, -0.25) is 4.79 Å². The van der Waals surface area contributed by atoms with Crippen molar-refractivity contribution in [1.82, 2.24) is 9.55 Å². The second-order valence-corrected chi connectivity index (χ2v) is 6.62. The summed E-state index contributed by atoms with van der Waals surface area (Å²) in [7, 11) is 0. The van der Waals surface area contributed by atoms with Crippen LogP contribution in [0.2, 0.25) is 0 Å². The van der Waals surface area contributed by atoms with Crippen molar-refractivity contribution >= 4 is 16.8 Å². The van der Waals surface area contributed by atoms with Crippen molar-refractivity contribution < 1.29 is 4.79 Å². The largest absolute Gasteiger partial charge is 0.328 e. The Hall–Kier alpha value is -1.64. The molecular weight excluding hydrogens is 248 g/mol. The lowest BCUT2D eigenvalue weighted by molar-refractivity contribution is -0.120. The fourth-order valence-corrected chi connectivity index (χ4v) is 2.56. The topological polar surface area (TPSA) is 34.9 Å². The molecule has 0 saturated carbocycles. The zero-order chi connectivity index (χ0) is 14.8. The fourth-order valence-electron chi connectivity index (χ4n) is 2.56. The molecule has 0 aliphatic heterocycles. The van der Waals surface area contributed by atoms with Crippen molar-refractivity contribution in [3.63, 3.8) is 0 Å². The first-order valence-electron chi connectivity index (χ1n) is 7.36. The molecule has 0 spiro atoms. The van der Waals surface area contributed by atoms with Gasteiger partial charge in [-0.05, 0) is 24.0 Å². The highest BCUT2D eigenvalue weighted by atomic mass is 16.1. The van der Waals surface area contributed by atoms with Crippen LogP contribution in [0.3, 0.4) is 0 Å². The SMILES string of the molecule is CCCn1c(CC(=O)CC(C)(C)C)nc2ccccc21. The highest BCUT2D eigenvalue weighted by Crippen LogP contribution is 2.22. The number of para-hydroxylation sites is 2. The summed E-state index contributed by atoms with van der Waals surface area (Å²) in [5.41, 5.74) is 2.16. The van der Waals surface area contributed by atoms with E-state index in [9.17, 15) is 4.79 Å². The number of Topliss-reactive ketones (excluding diaryl/α,β-unsaturated/α-hetero) is 1. The van der Waals surface area contributed by atoms with E-state index in [4.69, 9.17) is 0 Å². The number of hydrogen-bond donors (Lipinski definition) is 0. The van der Waals surface area contributed by atoms with Crippen molar-refractivity contribution in [3.05, 3.63) is 30.1 Å². The summed E-state index contributed by atoms with van der Waals surface area (Å²) < 4.78 is 2.19. The molecule has 0 N–H and O–H groups in total. The molecule has 0 saturated heterocycles. The zero-order valence-corrected chi connectivity index (χ0v) is 12.9. The van der Waals surface area contributed by atoms with Crippen molar-refractivity contribution in [1.29, 1.82) is 0 Å². The predicted octanol–water partition coefficient (Wildman–Crippen LogP) is 3.99. The molecule has 0 unspecified atom stereocenters. The smallest absolute Gasteiger partial charge is 0.140 e. The number of ketones is 1. The van der Waals surface area contributed by atoms with Gasteiger partial charge in [0.25, 0.3) is 0 Å². The van der Waals surface area contributed by atoms with Gasteiger partial charge in [-0.25, -0.2) is 4.98 Å². The number of carbonyl (C=O) groups excluding carboxylic acids is 1. The molecule has 0 aliphatic rings. The molecule has 108 valence electrons. The number of rotatable bonds is 5. The van der Waals surface area contributed by atoms with Crippen molar-refractivity contribution in [2.75, 3.05) is 0 Å². The predicted molar refractivity (Wildman–Crippen MR) is 82.8 cm³/mol. The molecular formula is C17H24N2O. The summed E-state index contributed by atoms with van der Waals surface area (Å²) in [5, 5.41) is 0. The van der Waals surface area contributed by atoms with E-state index in [1.807, 2.05) is 18.2 Å². The molecule has 3 nitrogen and oxygen atoms in total. The number of aryl methyl sites for hydroxylation is 1. The number of hydrogen-bond acceptors (Lipinski definition) is 2. The van der Waals surface area contributed by atoms with E-state index in [0.29, 0.717) is 12.8 Å². The highest BCUT2D eigenvalue weighted by molar-refractivity contribution is 5.83. The molecule has 20 heavy (non-hydrogen) atoms. The van der Waals surface area contributed by atoms with Crippen LogP contribution < -0.4 is 0 Å². The van der Waals surface area contributed by atoms with Gasteiger partial charge in [-0.1, -0.05) is 39.8 Å². The maximum Gasteiger partial charge on any atom is 0.140 e. The van der Waals surface area contributed by atoms with E-state index in [2.05, 4.69) is 43.3 Å². The minimum Gasteiger partial charge on any atom is -0.328 e. The number of benzene rings is 1. The van der Waals surface area contributed by atoms with Crippen molar-refractivity contribution in [2.45, 2.75) is 53.5 Å². The summed E-state index contributed by atoms with van der Waals surface area (Å²) in [6.07, 6.45) is 2.08. The van der Waals surface area contributed by atoms with E-state index < -0.39 is 0 Å². The van der Waals surface area contributed by atoms with Crippen LogP contribution in [0.4, 0.5) is 0 Å². The Labute approximate surface area is 121 Å². The maximum atomic E-state index is 12.2. The summed E-state index contributed by atoms with van der Waals surface area (Å²) in [4.78, 5) is 16.9. The quantitative estimate of drug-likeness (QED) is 0.824. The molecule has 0 aliphatic carbocycles. The number of fused-ring (bicyclic) bond motifs is 1. The molecule has 0 radical (unpaired) electrons. The van der Waals surface area contributed by atoms with Gasteiger partial charge in [-0.2, -0.15) is 0 Å². The fraction of sp³-hybridized carbons (Fsp3) is 0.529. The van der Waals surface area contributed by atoms with Crippen LogP contribution in [0.5, 0.6) is 0 Å². The molecule has 1 aromatic heterocycles. The average Bonchev–Trinajstić information content (AvgIpc) is 2.66. The molecule has 0 fully saturated rings. The van der Waals surface area contributed by atoms with E-state index >= 15 is 0 Å². The third kappa shape index (κ3) is 3.47. The van der Waals surface area contributed by atoms with Gasteiger partial charge in [-0.15, -0.1) is 0 Å². The maximum absolute atomic E-state index is 12.2. The first-order chi connectivity index (χ1) is 9.40. The highest BCUT2D eigenvalue weighted by Gasteiger charge is 2.19. The zero-order valence-electron chi connectivity index (χ0n) is 12.9. The van der Waals surface area contributed by atoms with Crippen LogP contribution in [-0.4, -0.2) is 15.3 Å². The Bertz CT molecular complexity index is 605. The molecule has 2 rings (SSSR count). The standard InChI is InChI=1S/C17H24N2O/c1-5-10-19-15-9-7-6-8-14(15)18-16(19)11-13(20)12-17(2,3)4/h6-9H,5,10-12H2,1-4H3. The normalized spacial score (nSPS) is 12.0. The summed E-state index contributed by atoms with van der Waals surface area (Å²) in [5.74, 6) is 1.17. The first kappa shape index (κ1) is 14.8. The summed E-state index contributed by atoms with van der Waals surface area (Å²) >= 11 is 0. The van der Waals surface area contributed by atoms with Gasteiger partial charge < -0.3 is 4.57 Å². The third-order valence-electron chi connectivity index (χ3n) is 3.26. The van der Waals surface area contributed by atoms with Gasteiger partial charge in [0, 0.05) is 13.0 Å². The van der Waals surface area contributed by atoms with Crippen LogP contribution in [0, 0.1) is 5.41 Å². The molecule has 0 amide bonds. The van der Waals surface area contributed by atoms with Crippen LogP contribution in [0.1, 0.15) is 46.4 Å². The van der Waals surface area contributed by atoms with E-state index in [-0.39, 0.29) is 11.2 Å². The van der Waals surface area contributed by atoms with Gasteiger partial charge in [0.1, 0.15) is 11.6 Å². The molecule has 3 heteroatoms. The Morgan fingerprint density at radius 2 is 1.95 bits per heavy atom. The molecule has 1 aromatic carbocycles. The number of carbonyl (C=O) groups is 1. The Morgan fingerprint density at radius 1 is 1.25 bits per heavy atom. The lowest BCUT2D eigenvalue weighted by atomic mass is 9.89. The van der Waals surface area contributed by atoms with E-state index in [0.717, 1.165) is 29.8 Å². The molecule has 1 heterocycles. The summed E-state index contributed by atoms with van der Waals surface area (Å²) in [6.45, 7) is 9.36. The van der Waals surface area contributed by atoms with Crippen LogP contribution in [0.25, 0.3) is 11.0 Å². The first-order valence-corrected chi connectivity index (χ1v) is 7.36. The average molecular weight is 272 g/mol. The third-order valence-corrected chi connectivity index (χ3v) is 3.26. The van der Waals surface area contributed by atoms with Gasteiger partial charge in [0.05, 0.1) is 17.5 Å². The number of imidazole rings is 1. The van der Waals surface area contributed by atoms with Crippen molar-refractivity contribution in [3.8, 4) is 0 Å². The van der Waals surface area contributed by atoms with Crippen LogP contribution >= 0.6 is 0 Å². The number of aromatic nitrogens is 2. The minimum absolute atomic E-state index is 0.0404. The van der Waals surface area contributed by atoms with E-state index in [1.165, 1.54) is 0 Å². The van der Waals surface area contributed by atoms with Crippen LogP contribution in [0.15, 0.2) is 24.3 Å². The van der Waals surface area contributed by atoms with Gasteiger partial charge in [0.2, 0.25) is 0 Å². The van der Waals surface area contributed by atoms with E-state index in [1.54, 1.807) is 0 Å². The van der Waals surface area contributed by atoms with Crippen LogP contribution in [-0.2, 0) is 17.8 Å². The van der Waals surface area contributed by atoms with Gasteiger partial charge in [0.15, 0.2) is 0 Å². The summed E-state index contributed by atoms with van der Waals surface area (Å²) in [6, 6.07) is 8.11. The minimum atomic E-state index is 0.0404. The van der Waals surface area contributed by atoms with Crippen molar-refractivity contribution in [2.24, 2.45) is 5.41 Å².